The average molecular weight is 478 g/mol. The van der Waals surface area contributed by atoms with Crippen molar-refractivity contribution in [1.82, 2.24) is 15.5 Å². The number of hydrogen-bond donors (Lipinski definition) is 2. The van der Waals surface area contributed by atoms with E-state index in [9.17, 15) is 19.2 Å². The smallest absolute Gasteiger partial charge is 0.243 e. The summed E-state index contributed by atoms with van der Waals surface area (Å²) in [6.07, 6.45) is 12.4. The molecule has 4 amide bonds. The summed E-state index contributed by atoms with van der Waals surface area (Å²) in [5.74, 6) is -0.0482. The number of nitrogens with one attached hydrogen (secondary N) is 2. The van der Waals surface area contributed by atoms with Crippen molar-refractivity contribution in [1.29, 1.82) is 0 Å². The second-order valence-electron chi connectivity index (χ2n) is 10.9. The highest BCUT2D eigenvalue weighted by Crippen LogP contribution is 2.35. The Morgan fingerprint density at radius 3 is 2.09 bits per heavy atom. The molecule has 0 bridgehead atoms. The molecular formula is C27H47N3O4. The molecule has 1 saturated heterocycles. The first-order valence-corrected chi connectivity index (χ1v) is 13.6. The van der Waals surface area contributed by atoms with Gasteiger partial charge in [-0.2, -0.15) is 0 Å². The zero-order chi connectivity index (χ0) is 25.1. The van der Waals surface area contributed by atoms with Crippen molar-refractivity contribution in [3.05, 3.63) is 0 Å². The molecule has 2 N–H and O–H groups in total. The van der Waals surface area contributed by atoms with E-state index in [0.717, 1.165) is 19.3 Å². The Labute approximate surface area is 206 Å². The van der Waals surface area contributed by atoms with E-state index in [1.807, 2.05) is 27.7 Å². The number of imide groups is 1. The molecule has 0 aromatic rings. The van der Waals surface area contributed by atoms with Crippen LogP contribution in [0.25, 0.3) is 0 Å². The molecule has 1 aliphatic carbocycles. The van der Waals surface area contributed by atoms with Crippen molar-refractivity contribution in [2.75, 3.05) is 6.54 Å². The van der Waals surface area contributed by atoms with Crippen LogP contribution in [0, 0.1) is 17.8 Å². The number of unbranched alkanes of at least 4 members (excludes halogenated alkanes) is 2. The second-order valence-corrected chi connectivity index (χ2v) is 10.9. The fourth-order valence-electron chi connectivity index (χ4n) is 5.27. The van der Waals surface area contributed by atoms with E-state index in [2.05, 4.69) is 10.6 Å². The van der Waals surface area contributed by atoms with Gasteiger partial charge >= 0.3 is 0 Å². The molecule has 2 fully saturated rings. The van der Waals surface area contributed by atoms with E-state index in [1.54, 1.807) is 0 Å². The molecule has 0 radical (unpaired) electrons. The van der Waals surface area contributed by atoms with E-state index in [1.165, 1.54) is 43.4 Å². The predicted molar refractivity (Wildman–Crippen MR) is 134 cm³/mol. The lowest BCUT2D eigenvalue weighted by Gasteiger charge is -2.23. The van der Waals surface area contributed by atoms with Gasteiger partial charge in [-0.15, -0.1) is 0 Å². The third-order valence-electron chi connectivity index (χ3n) is 7.23. The molecule has 2 unspecified atom stereocenters. The van der Waals surface area contributed by atoms with Gasteiger partial charge < -0.3 is 10.6 Å². The van der Waals surface area contributed by atoms with Gasteiger partial charge in [0.05, 0.1) is 5.92 Å². The van der Waals surface area contributed by atoms with Crippen LogP contribution in [0.1, 0.15) is 111 Å². The van der Waals surface area contributed by atoms with Gasteiger partial charge in [-0.3, -0.25) is 24.1 Å². The van der Waals surface area contributed by atoms with Gasteiger partial charge in [0.2, 0.25) is 23.6 Å². The van der Waals surface area contributed by atoms with Crippen LogP contribution in [-0.2, 0) is 19.2 Å². The Bertz CT molecular complexity index is 681. The van der Waals surface area contributed by atoms with Crippen molar-refractivity contribution < 1.29 is 19.2 Å². The summed E-state index contributed by atoms with van der Waals surface area (Å²) in [6.45, 7) is 8.08. The van der Waals surface area contributed by atoms with Gasteiger partial charge in [-0.05, 0) is 51.4 Å². The van der Waals surface area contributed by atoms with Gasteiger partial charge in [-0.1, -0.05) is 58.8 Å². The van der Waals surface area contributed by atoms with Crippen LogP contribution in [-0.4, -0.2) is 47.2 Å². The van der Waals surface area contributed by atoms with Crippen LogP contribution in [0.2, 0.25) is 0 Å². The van der Waals surface area contributed by atoms with E-state index in [4.69, 9.17) is 0 Å². The molecule has 194 valence electrons. The van der Waals surface area contributed by atoms with Crippen molar-refractivity contribution in [3.8, 4) is 0 Å². The maximum Gasteiger partial charge on any atom is 0.243 e. The minimum absolute atomic E-state index is 0.00468. The van der Waals surface area contributed by atoms with E-state index < -0.39 is 6.04 Å². The topological polar surface area (TPSA) is 95.6 Å². The van der Waals surface area contributed by atoms with Crippen LogP contribution in [0.3, 0.4) is 0 Å². The quantitative estimate of drug-likeness (QED) is 0.342. The summed E-state index contributed by atoms with van der Waals surface area (Å²) < 4.78 is 0. The Balaban J connectivity index is 1.72. The summed E-state index contributed by atoms with van der Waals surface area (Å²) in [6, 6.07) is -0.512. The summed E-state index contributed by atoms with van der Waals surface area (Å²) in [5.41, 5.74) is 0. The summed E-state index contributed by atoms with van der Waals surface area (Å²) in [5, 5.41) is 5.71. The summed E-state index contributed by atoms with van der Waals surface area (Å²) in [7, 11) is 0. The zero-order valence-corrected chi connectivity index (χ0v) is 21.9. The summed E-state index contributed by atoms with van der Waals surface area (Å²) >= 11 is 0. The second kappa shape index (κ2) is 14.5. The maximum atomic E-state index is 13.0. The molecule has 2 rings (SSSR count). The molecule has 2 aliphatic rings. The number of rotatable bonds is 11. The zero-order valence-electron chi connectivity index (χ0n) is 21.9. The van der Waals surface area contributed by atoms with Gasteiger partial charge in [0.1, 0.15) is 6.04 Å². The third kappa shape index (κ3) is 9.03. The molecule has 0 aromatic carbocycles. The number of likely N-dealkylation sites (tertiary alicyclic amines) is 1. The Morgan fingerprint density at radius 1 is 0.882 bits per heavy atom. The molecule has 0 aromatic heterocycles. The fourth-order valence-corrected chi connectivity index (χ4v) is 5.27. The minimum atomic E-state index is -0.538. The number of carbonyl (C=O) groups is 4. The normalized spacial score (nSPS) is 21.4. The van der Waals surface area contributed by atoms with Crippen molar-refractivity contribution in [2.45, 2.75) is 123 Å². The number of nitrogens with zero attached hydrogens (tertiary/aromatic N) is 1. The van der Waals surface area contributed by atoms with Gasteiger partial charge in [-0.25, -0.2) is 0 Å². The summed E-state index contributed by atoms with van der Waals surface area (Å²) in [4.78, 5) is 51.7. The maximum absolute atomic E-state index is 13.0. The van der Waals surface area contributed by atoms with Crippen molar-refractivity contribution in [3.63, 3.8) is 0 Å². The Hall–Kier alpha value is -1.92. The van der Waals surface area contributed by atoms with E-state index in [-0.39, 0.29) is 41.5 Å². The van der Waals surface area contributed by atoms with Gasteiger partial charge in [0.25, 0.3) is 0 Å². The van der Waals surface area contributed by atoms with E-state index >= 15 is 0 Å². The number of hydrogen-bond acceptors (Lipinski definition) is 4. The highest BCUT2D eigenvalue weighted by molar-refractivity contribution is 6.03. The first kappa shape index (κ1) is 28.3. The van der Waals surface area contributed by atoms with Gasteiger partial charge in [0.15, 0.2) is 0 Å². The molecular weight excluding hydrogens is 430 g/mol. The van der Waals surface area contributed by atoms with Gasteiger partial charge in [0, 0.05) is 25.4 Å². The molecule has 1 heterocycles. The Morgan fingerprint density at radius 2 is 1.50 bits per heavy atom. The van der Waals surface area contributed by atoms with Crippen LogP contribution < -0.4 is 10.6 Å². The van der Waals surface area contributed by atoms with Crippen molar-refractivity contribution >= 4 is 23.6 Å². The predicted octanol–water partition coefficient (Wildman–Crippen LogP) is 4.34. The monoisotopic (exact) mass is 477 g/mol. The lowest BCUT2D eigenvalue weighted by molar-refractivity contribution is -0.140. The molecule has 0 spiro atoms. The highest BCUT2D eigenvalue weighted by Gasteiger charge is 2.41. The lowest BCUT2D eigenvalue weighted by atomic mass is 9.83. The SMILES string of the molecule is CC(C)NC(=O)C(NC(=O)CCCCCN1C(=O)CC(C2CCCCCCCC2)C1=O)C(C)C. The number of amides is 4. The van der Waals surface area contributed by atoms with Crippen LogP contribution >= 0.6 is 0 Å². The standard InChI is InChI=1S/C27H47N3O4/c1-19(2)25(26(33)28-20(3)4)29-23(31)16-12-9-13-17-30-24(32)18-22(27(30)34)21-14-10-7-5-6-8-11-15-21/h19-22,25H,5-18H2,1-4H3,(H,28,33)(H,29,31). The van der Waals surface area contributed by atoms with E-state index in [0.29, 0.717) is 38.1 Å². The average Bonchev–Trinajstić information content (AvgIpc) is 3.12. The molecule has 1 aliphatic heterocycles. The first-order chi connectivity index (χ1) is 16.2. The molecule has 1 saturated carbocycles. The number of carbonyl (C=O) groups excluding carboxylic acids is 4. The first-order valence-electron chi connectivity index (χ1n) is 13.6. The minimum Gasteiger partial charge on any atom is -0.352 e. The fraction of sp³-hybridized carbons (Fsp3) is 0.852. The van der Waals surface area contributed by atoms with Crippen molar-refractivity contribution in [2.24, 2.45) is 17.8 Å². The highest BCUT2D eigenvalue weighted by atomic mass is 16.2. The lowest BCUT2D eigenvalue weighted by Crippen LogP contribution is -2.51. The largest absolute Gasteiger partial charge is 0.352 e. The third-order valence-corrected chi connectivity index (χ3v) is 7.23. The molecule has 34 heavy (non-hydrogen) atoms. The van der Waals surface area contributed by atoms with Crippen LogP contribution in [0.5, 0.6) is 0 Å². The molecule has 7 nitrogen and oxygen atoms in total. The molecule has 2 atom stereocenters. The molecule has 7 heteroatoms. The van der Waals surface area contributed by atoms with Crippen LogP contribution in [0.15, 0.2) is 0 Å². The Kier molecular flexibility index (Phi) is 12.1. The van der Waals surface area contributed by atoms with Crippen LogP contribution in [0.4, 0.5) is 0 Å².